The molecular formula is C23H37N5O3. The van der Waals surface area contributed by atoms with Crippen LogP contribution in [0.5, 0.6) is 11.5 Å². The Morgan fingerprint density at radius 1 is 1.06 bits per heavy atom. The molecule has 0 radical (unpaired) electrons. The third-order valence-corrected chi connectivity index (χ3v) is 6.07. The molecule has 31 heavy (non-hydrogen) atoms. The molecule has 2 atom stereocenters. The van der Waals surface area contributed by atoms with Crippen molar-refractivity contribution in [1.82, 2.24) is 20.0 Å². The lowest BCUT2D eigenvalue weighted by Crippen LogP contribution is -2.57. The van der Waals surface area contributed by atoms with E-state index >= 15 is 0 Å². The highest BCUT2D eigenvalue weighted by Crippen LogP contribution is 2.20. The summed E-state index contributed by atoms with van der Waals surface area (Å²) in [7, 11) is 3.46. The zero-order valence-corrected chi connectivity index (χ0v) is 19.3. The molecule has 8 nitrogen and oxygen atoms in total. The Morgan fingerprint density at radius 2 is 1.74 bits per heavy atom. The molecule has 8 heteroatoms. The van der Waals surface area contributed by atoms with Crippen molar-refractivity contribution in [3.8, 4) is 11.5 Å². The van der Waals surface area contributed by atoms with E-state index in [9.17, 15) is 4.79 Å². The van der Waals surface area contributed by atoms with Crippen molar-refractivity contribution >= 4 is 11.9 Å². The summed E-state index contributed by atoms with van der Waals surface area (Å²) in [4.78, 5) is 23.7. The second-order valence-electron chi connectivity index (χ2n) is 8.27. The summed E-state index contributed by atoms with van der Waals surface area (Å²) < 4.78 is 11.2. The van der Waals surface area contributed by atoms with Crippen molar-refractivity contribution in [3.05, 3.63) is 24.3 Å². The molecule has 1 aromatic rings. The minimum absolute atomic E-state index is 0.0248. The molecule has 2 aliphatic heterocycles. The molecule has 2 saturated heterocycles. The fourth-order valence-corrected chi connectivity index (χ4v) is 4.19. The van der Waals surface area contributed by atoms with Crippen LogP contribution in [0.25, 0.3) is 0 Å². The number of likely N-dealkylation sites (tertiary alicyclic amines) is 1. The van der Waals surface area contributed by atoms with Gasteiger partial charge in [0.1, 0.15) is 17.6 Å². The Balaban J connectivity index is 1.43. The second-order valence-corrected chi connectivity index (χ2v) is 8.27. The summed E-state index contributed by atoms with van der Waals surface area (Å²) >= 11 is 0. The number of benzene rings is 1. The molecule has 0 aromatic heterocycles. The van der Waals surface area contributed by atoms with E-state index in [2.05, 4.69) is 20.1 Å². The zero-order chi connectivity index (χ0) is 22.2. The van der Waals surface area contributed by atoms with Gasteiger partial charge in [-0.3, -0.25) is 14.7 Å². The van der Waals surface area contributed by atoms with Gasteiger partial charge in [0, 0.05) is 52.4 Å². The van der Waals surface area contributed by atoms with Gasteiger partial charge in [-0.2, -0.15) is 0 Å². The van der Waals surface area contributed by atoms with Gasteiger partial charge in [-0.1, -0.05) is 6.07 Å². The minimum Gasteiger partial charge on any atom is -0.497 e. The van der Waals surface area contributed by atoms with E-state index in [-0.39, 0.29) is 18.1 Å². The first-order valence-electron chi connectivity index (χ1n) is 11.3. The molecule has 0 aliphatic carbocycles. The fraction of sp³-hybridized carbons (Fsp3) is 0.652. The zero-order valence-electron chi connectivity index (χ0n) is 19.3. The molecule has 1 amide bonds. The van der Waals surface area contributed by atoms with E-state index in [4.69, 9.17) is 9.47 Å². The van der Waals surface area contributed by atoms with Gasteiger partial charge in [0.2, 0.25) is 5.91 Å². The molecule has 3 rings (SSSR count). The highest BCUT2D eigenvalue weighted by atomic mass is 16.5. The van der Waals surface area contributed by atoms with Gasteiger partial charge in [-0.25, -0.2) is 0 Å². The lowest BCUT2D eigenvalue weighted by molar-refractivity contribution is -0.135. The topological polar surface area (TPSA) is 69.6 Å². The maximum atomic E-state index is 12.7. The number of amides is 1. The Labute approximate surface area is 186 Å². The summed E-state index contributed by atoms with van der Waals surface area (Å²) in [5, 5.41) is 3.43. The first kappa shape index (κ1) is 23.2. The number of guanidine groups is 1. The van der Waals surface area contributed by atoms with Crippen molar-refractivity contribution in [2.75, 3.05) is 60.0 Å². The highest BCUT2D eigenvalue weighted by Gasteiger charge is 2.30. The fourth-order valence-electron chi connectivity index (χ4n) is 4.19. The standard InChI is InChI=1S/C23H37N5O3/c1-18(31-21-9-7-8-20(16-21)30-4)17-25-23(24-3)28-14-12-26(13-15-28)19(2)22(29)27-10-5-6-11-27/h7-9,16,18-19H,5-6,10-15,17H2,1-4H3,(H,24,25). The number of hydrogen-bond donors (Lipinski definition) is 1. The number of rotatable bonds is 7. The van der Waals surface area contributed by atoms with E-state index in [1.807, 2.05) is 50.1 Å². The summed E-state index contributed by atoms with van der Waals surface area (Å²) in [6.07, 6.45) is 2.24. The normalized spacial score (nSPS) is 19.8. The summed E-state index contributed by atoms with van der Waals surface area (Å²) in [6.45, 7) is 9.96. The van der Waals surface area contributed by atoms with Crippen LogP contribution in [0.1, 0.15) is 26.7 Å². The SMILES string of the molecule is CN=C(NCC(C)Oc1cccc(OC)c1)N1CCN(C(C)C(=O)N2CCCC2)CC1. The average Bonchev–Trinajstić information content (AvgIpc) is 3.34. The van der Waals surface area contributed by atoms with E-state index in [1.165, 1.54) is 0 Å². The molecule has 2 unspecified atom stereocenters. The number of piperazine rings is 1. The number of methoxy groups -OCH3 is 1. The molecule has 1 aromatic carbocycles. The van der Waals surface area contributed by atoms with Crippen molar-refractivity contribution in [2.45, 2.75) is 38.8 Å². The van der Waals surface area contributed by atoms with Crippen LogP contribution in [0.15, 0.2) is 29.3 Å². The predicted molar refractivity (Wildman–Crippen MR) is 123 cm³/mol. The smallest absolute Gasteiger partial charge is 0.239 e. The lowest BCUT2D eigenvalue weighted by atomic mass is 10.2. The third-order valence-electron chi connectivity index (χ3n) is 6.07. The number of nitrogens with one attached hydrogen (secondary N) is 1. The molecule has 2 heterocycles. The van der Waals surface area contributed by atoms with Gasteiger partial charge in [0.05, 0.1) is 19.7 Å². The molecule has 2 fully saturated rings. The number of carbonyl (C=O) groups excluding carboxylic acids is 1. The summed E-state index contributed by atoms with van der Waals surface area (Å²) in [5.74, 6) is 2.72. The summed E-state index contributed by atoms with van der Waals surface area (Å²) in [6, 6.07) is 7.58. The first-order valence-corrected chi connectivity index (χ1v) is 11.3. The highest BCUT2D eigenvalue weighted by molar-refractivity contribution is 5.82. The van der Waals surface area contributed by atoms with Crippen LogP contribution in [0.2, 0.25) is 0 Å². The van der Waals surface area contributed by atoms with E-state index in [1.54, 1.807) is 7.11 Å². The monoisotopic (exact) mass is 431 g/mol. The van der Waals surface area contributed by atoms with Gasteiger partial charge < -0.3 is 24.6 Å². The molecular weight excluding hydrogens is 394 g/mol. The Morgan fingerprint density at radius 3 is 2.39 bits per heavy atom. The number of nitrogens with zero attached hydrogens (tertiary/aromatic N) is 4. The van der Waals surface area contributed by atoms with Crippen molar-refractivity contribution in [3.63, 3.8) is 0 Å². The quantitative estimate of drug-likeness (QED) is 0.523. The molecule has 2 aliphatic rings. The van der Waals surface area contributed by atoms with Crippen LogP contribution < -0.4 is 14.8 Å². The maximum absolute atomic E-state index is 12.7. The number of aliphatic imine (C=N–C) groups is 1. The van der Waals surface area contributed by atoms with Crippen LogP contribution in [-0.4, -0.2) is 98.7 Å². The van der Waals surface area contributed by atoms with Crippen molar-refractivity contribution < 1.29 is 14.3 Å². The van der Waals surface area contributed by atoms with E-state index in [0.717, 1.165) is 69.6 Å². The summed E-state index contributed by atoms with van der Waals surface area (Å²) in [5.41, 5.74) is 0. The Kier molecular flexibility index (Phi) is 8.40. The van der Waals surface area contributed by atoms with Gasteiger partial charge in [0.15, 0.2) is 5.96 Å². The van der Waals surface area contributed by atoms with Crippen molar-refractivity contribution in [1.29, 1.82) is 0 Å². The van der Waals surface area contributed by atoms with Gasteiger partial charge >= 0.3 is 0 Å². The van der Waals surface area contributed by atoms with E-state index in [0.29, 0.717) is 6.54 Å². The van der Waals surface area contributed by atoms with E-state index < -0.39 is 0 Å². The number of hydrogen-bond acceptors (Lipinski definition) is 5. The van der Waals surface area contributed by atoms with Gasteiger partial charge in [-0.15, -0.1) is 0 Å². The maximum Gasteiger partial charge on any atom is 0.239 e. The lowest BCUT2D eigenvalue weighted by Gasteiger charge is -2.39. The van der Waals surface area contributed by atoms with Crippen LogP contribution in [0.4, 0.5) is 0 Å². The Hall–Kier alpha value is -2.48. The molecule has 172 valence electrons. The van der Waals surface area contributed by atoms with Crippen molar-refractivity contribution in [2.24, 2.45) is 4.99 Å². The second kappa shape index (κ2) is 11.2. The van der Waals surface area contributed by atoms with Gasteiger partial charge in [0.25, 0.3) is 0 Å². The largest absolute Gasteiger partial charge is 0.497 e. The first-order chi connectivity index (χ1) is 15.0. The third kappa shape index (κ3) is 6.26. The Bertz CT molecular complexity index is 742. The minimum atomic E-state index is -0.0495. The predicted octanol–water partition coefficient (Wildman–Crippen LogP) is 1.67. The number of ether oxygens (including phenoxy) is 2. The average molecular weight is 432 g/mol. The van der Waals surface area contributed by atoms with Crippen LogP contribution in [0.3, 0.4) is 0 Å². The van der Waals surface area contributed by atoms with Crippen LogP contribution >= 0.6 is 0 Å². The molecule has 0 saturated carbocycles. The molecule has 0 bridgehead atoms. The van der Waals surface area contributed by atoms with Crippen LogP contribution in [-0.2, 0) is 4.79 Å². The molecule has 1 N–H and O–H groups in total. The molecule has 0 spiro atoms. The number of carbonyl (C=O) groups is 1. The van der Waals surface area contributed by atoms with Crippen LogP contribution in [0, 0.1) is 0 Å². The van der Waals surface area contributed by atoms with Gasteiger partial charge in [-0.05, 0) is 38.8 Å².